The Balaban J connectivity index is 2.21. The fraction of sp³-hybridized carbons (Fsp3) is 0.308. The summed E-state index contributed by atoms with van der Waals surface area (Å²) in [5.41, 5.74) is 7.92. The van der Waals surface area contributed by atoms with Crippen LogP contribution in [0.25, 0.3) is 5.69 Å². The average molecular weight is 230 g/mol. The molecule has 0 spiro atoms. The van der Waals surface area contributed by atoms with Crippen LogP contribution in [0, 0.1) is 0 Å². The van der Waals surface area contributed by atoms with Gasteiger partial charge in [-0.25, -0.2) is 4.68 Å². The SMILES string of the molecule is CCNC(CN)c1cnn(-c2ccccc2)c1. The molecule has 0 radical (unpaired) electrons. The Labute approximate surface area is 101 Å². The molecule has 0 amide bonds. The zero-order valence-electron chi connectivity index (χ0n) is 10.0. The van der Waals surface area contributed by atoms with Gasteiger partial charge in [-0.05, 0) is 18.7 Å². The number of hydrogen-bond acceptors (Lipinski definition) is 3. The highest BCUT2D eigenvalue weighted by atomic mass is 15.3. The number of nitrogens with two attached hydrogens (primary N) is 1. The minimum Gasteiger partial charge on any atom is -0.329 e. The highest BCUT2D eigenvalue weighted by molar-refractivity contribution is 5.31. The van der Waals surface area contributed by atoms with Gasteiger partial charge in [0.2, 0.25) is 0 Å². The third-order valence-electron chi connectivity index (χ3n) is 2.71. The molecule has 0 aliphatic heterocycles. The maximum Gasteiger partial charge on any atom is 0.0645 e. The van der Waals surface area contributed by atoms with Crippen LogP contribution < -0.4 is 11.1 Å². The Morgan fingerprint density at radius 3 is 2.76 bits per heavy atom. The molecule has 0 saturated heterocycles. The Morgan fingerprint density at radius 2 is 2.12 bits per heavy atom. The van der Waals surface area contributed by atoms with Gasteiger partial charge in [-0.2, -0.15) is 5.10 Å². The average Bonchev–Trinajstić information content (AvgIpc) is 2.86. The number of benzene rings is 1. The highest BCUT2D eigenvalue weighted by Crippen LogP contribution is 2.13. The largest absolute Gasteiger partial charge is 0.329 e. The van der Waals surface area contributed by atoms with Gasteiger partial charge in [0.1, 0.15) is 0 Å². The molecule has 0 saturated carbocycles. The van der Waals surface area contributed by atoms with Gasteiger partial charge in [0.05, 0.1) is 11.9 Å². The second-order valence-electron chi connectivity index (χ2n) is 3.90. The van der Waals surface area contributed by atoms with Gasteiger partial charge in [-0.15, -0.1) is 0 Å². The van der Waals surface area contributed by atoms with Gasteiger partial charge < -0.3 is 11.1 Å². The molecular weight excluding hydrogens is 212 g/mol. The van der Waals surface area contributed by atoms with E-state index in [4.69, 9.17) is 5.73 Å². The van der Waals surface area contributed by atoms with Crippen molar-refractivity contribution in [3.05, 3.63) is 48.3 Å². The molecule has 17 heavy (non-hydrogen) atoms. The van der Waals surface area contributed by atoms with E-state index in [0.717, 1.165) is 17.8 Å². The normalized spacial score (nSPS) is 12.6. The van der Waals surface area contributed by atoms with Crippen LogP contribution in [-0.4, -0.2) is 22.9 Å². The van der Waals surface area contributed by atoms with Gasteiger partial charge in [0, 0.05) is 24.3 Å². The molecule has 0 bridgehead atoms. The lowest BCUT2D eigenvalue weighted by atomic mass is 10.1. The van der Waals surface area contributed by atoms with Gasteiger partial charge in [-0.3, -0.25) is 0 Å². The summed E-state index contributed by atoms with van der Waals surface area (Å²) in [5.74, 6) is 0. The lowest BCUT2D eigenvalue weighted by molar-refractivity contribution is 0.562. The molecule has 1 aromatic heterocycles. The molecule has 1 unspecified atom stereocenters. The Bertz CT molecular complexity index is 449. The zero-order chi connectivity index (χ0) is 12.1. The molecule has 1 heterocycles. The van der Waals surface area contributed by atoms with E-state index in [-0.39, 0.29) is 6.04 Å². The summed E-state index contributed by atoms with van der Waals surface area (Å²) < 4.78 is 1.87. The van der Waals surface area contributed by atoms with Crippen molar-refractivity contribution >= 4 is 0 Å². The molecule has 0 fully saturated rings. The van der Waals surface area contributed by atoms with Crippen molar-refractivity contribution in [3.63, 3.8) is 0 Å². The van der Waals surface area contributed by atoms with Crippen molar-refractivity contribution in [2.75, 3.05) is 13.1 Å². The zero-order valence-corrected chi connectivity index (χ0v) is 10.0. The quantitative estimate of drug-likeness (QED) is 0.818. The third-order valence-corrected chi connectivity index (χ3v) is 2.71. The summed E-state index contributed by atoms with van der Waals surface area (Å²) in [6.07, 6.45) is 3.89. The number of para-hydroxylation sites is 1. The molecule has 2 aromatic rings. The van der Waals surface area contributed by atoms with Crippen molar-refractivity contribution in [1.29, 1.82) is 0 Å². The van der Waals surface area contributed by atoms with Gasteiger partial charge >= 0.3 is 0 Å². The summed E-state index contributed by atoms with van der Waals surface area (Å²) in [6, 6.07) is 10.2. The third kappa shape index (κ3) is 2.72. The number of aromatic nitrogens is 2. The molecular formula is C13H18N4. The van der Waals surface area contributed by atoms with Crippen molar-refractivity contribution < 1.29 is 0 Å². The minimum atomic E-state index is 0.178. The number of rotatable bonds is 5. The van der Waals surface area contributed by atoms with Crippen LogP contribution in [-0.2, 0) is 0 Å². The molecule has 2 rings (SSSR count). The van der Waals surface area contributed by atoms with E-state index < -0.39 is 0 Å². The van der Waals surface area contributed by atoms with Crippen molar-refractivity contribution in [2.45, 2.75) is 13.0 Å². The van der Waals surface area contributed by atoms with Crippen molar-refractivity contribution in [1.82, 2.24) is 15.1 Å². The van der Waals surface area contributed by atoms with Crippen molar-refractivity contribution in [2.24, 2.45) is 5.73 Å². The van der Waals surface area contributed by atoms with E-state index in [1.165, 1.54) is 0 Å². The predicted molar refractivity (Wildman–Crippen MR) is 69.0 cm³/mol. The van der Waals surface area contributed by atoms with Crippen LogP contribution in [0.4, 0.5) is 0 Å². The number of hydrogen-bond donors (Lipinski definition) is 2. The maximum absolute atomic E-state index is 5.74. The van der Waals surface area contributed by atoms with Gasteiger partial charge in [-0.1, -0.05) is 25.1 Å². The maximum atomic E-state index is 5.74. The first-order chi connectivity index (χ1) is 8.35. The van der Waals surface area contributed by atoms with Crippen LogP contribution in [0.5, 0.6) is 0 Å². The lowest BCUT2D eigenvalue weighted by Gasteiger charge is -2.12. The van der Waals surface area contributed by atoms with E-state index in [9.17, 15) is 0 Å². The molecule has 90 valence electrons. The first-order valence-electron chi connectivity index (χ1n) is 5.88. The lowest BCUT2D eigenvalue weighted by Crippen LogP contribution is -2.27. The van der Waals surface area contributed by atoms with Crippen LogP contribution in [0.2, 0.25) is 0 Å². The van der Waals surface area contributed by atoms with Gasteiger partial charge in [0.25, 0.3) is 0 Å². The van der Waals surface area contributed by atoms with E-state index in [2.05, 4.69) is 17.3 Å². The second-order valence-corrected chi connectivity index (χ2v) is 3.90. The van der Waals surface area contributed by atoms with E-state index in [0.29, 0.717) is 6.54 Å². The van der Waals surface area contributed by atoms with Crippen molar-refractivity contribution in [3.8, 4) is 5.69 Å². The highest BCUT2D eigenvalue weighted by Gasteiger charge is 2.10. The standard InChI is InChI=1S/C13H18N4/c1-2-15-13(8-14)11-9-16-17(10-11)12-6-4-3-5-7-12/h3-7,9-10,13,15H,2,8,14H2,1H3. The van der Waals surface area contributed by atoms with E-state index in [1.807, 2.05) is 47.4 Å². The monoisotopic (exact) mass is 230 g/mol. The molecule has 0 aliphatic carbocycles. The summed E-state index contributed by atoms with van der Waals surface area (Å²) >= 11 is 0. The second kappa shape index (κ2) is 5.61. The summed E-state index contributed by atoms with van der Waals surface area (Å²) in [4.78, 5) is 0. The molecule has 1 atom stereocenters. The summed E-state index contributed by atoms with van der Waals surface area (Å²) in [5, 5.41) is 7.69. The number of nitrogens with one attached hydrogen (secondary N) is 1. The smallest absolute Gasteiger partial charge is 0.0645 e. The Hall–Kier alpha value is -1.65. The molecule has 0 aliphatic rings. The van der Waals surface area contributed by atoms with E-state index >= 15 is 0 Å². The van der Waals surface area contributed by atoms with Crippen LogP contribution in [0.1, 0.15) is 18.5 Å². The Morgan fingerprint density at radius 1 is 1.35 bits per heavy atom. The van der Waals surface area contributed by atoms with E-state index in [1.54, 1.807) is 0 Å². The Kier molecular flexibility index (Phi) is 3.90. The number of likely N-dealkylation sites (N-methyl/N-ethyl adjacent to an activating group) is 1. The molecule has 4 nitrogen and oxygen atoms in total. The molecule has 4 heteroatoms. The fourth-order valence-electron chi connectivity index (χ4n) is 1.82. The topological polar surface area (TPSA) is 55.9 Å². The first-order valence-corrected chi connectivity index (χ1v) is 5.88. The fourth-order valence-corrected chi connectivity index (χ4v) is 1.82. The minimum absolute atomic E-state index is 0.178. The number of nitrogens with zero attached hydrogens (tertiary/aromatic N) is 2. The molecule has 1 aromatic carbocycles. The predicted octanol–water partition coefficient (Wildman–Crippen LogP) is 1.48. The van der Waals surface area contributed by atoms with Crippen LogP contribution in [0.3, 0.4) is 0 Å². The molecule has 3 N–H and O–H groups in total. The van der Waals surface area contributed by atoms with Crippen LogP contribution >= 0.6 is 0 Å². The summed E-state index contributed by atoms with van der Waals surface area (Å²) in [6.45, 7) is 3.55. The van der Waals surface area contributed by atoms with Gasteiger partial charge in [0.15, 0.2) is 0 Å². The summed E-state index contributed by atoms with van der Waals surface area (Å²) in [7, 11) is 0. The first kappa shape index (κ1) is 11.8. The van der Waals surface area contributed by atoms with Crippen LogP contribution in [0.15, 0.2) is 42.7 Å².